The highest BCUT2D eigenvalue weighted by atomic mass is 16.5. The van der Waals surface area contributed by atoms with Gasteiger partial charge in [0.25, 0.3) is 0 Å². The van der Waals surface area contributed by atoms with Crippen LogP contribution in [0.4, 0.5) is 0 Å². The van der Waals surface area contributed by atoms with Crippen molar-refractivity contribution in [2.45, 2.75) is 40.0 Å². The Morgan fingerprint density at radius 1 is 1.33 bits per heavy atom. The minimum absolute atomic E-state index is 0.265. The molecule has 0 bridgehead atoms. The summed E-state index contributed by atoms with van der Waals surface area (Å²) >= 11 is 0. The Labute approximate surface area is 126 Å². The molecule has 0 spiro atoms. The first-order valence-corrected chi connectivity index (χ1v) is 7.20. The summed E-state index contributed by atoms with van der Waals surface area (Å²) in [6.45, 7) is 10.1. The fraction of sp³-hybridized carbons (Fsp3) is 0.444. The minimum atomic E-state index is -1.32. The van der Waals surface area contributed by atoms with E-state index < -0.39 is 11.4 Å². The summed E-state index contributed by atoms with van der Waals surface area (Å²) in [5.74, 6) is -0.471. The van der Waals surface area contributed by atoms with E-state index in [0.717, 1.165) is 22.3 Å². The van der Waals surface area contributed by atoms with Gasteiger partial charge in [-0.25, -0.2) is 4.79 Å². The standard InChI is InChI=1S/C18H21NO2/c1-6-21-16(20)18(11-19)14-10-8-7-9-13(14)12(2)15(18)17(3,4)5/h7-10H,6H2,1-5H3. The van der Waals surface area contributed by atoms with Crippen LogP contribution in [0, 0.1) is 16.7 Å². The molecule has 1 unspecified atom stereocenters. The van der Waals surface area contributed by atoms with Gasteiger partial charge in [-0.2, -0.15) is 5.26 Å². The van der Waals surface area contributed by atoms with Crippen LogP contribution in [-0.2, 0) is 14.9 Å². The van der Waals surface area contributed by atoms with Crippen molar-refractivity contribution in [2.24, 2.45) is 5.41 Å². The summed E-state index contributed by atoms with van der Waals surface area (Å²) in [6, 6.07) is 9.89. The second-order valence-corrected chi connectivity index (χ2v) is 6.38. The summed E-state index contributed by atoms with van der Waals surface area (Å²) < 4.78 is 5.26. The number of rotatable bonds is 2. The van der Waals surface area contributed by atoms with Crippen molar-refractivity contribution in [3.8, 4) is 6.07 Å². The second-order valence-electron chi connectivity index (χ2n) is 6.38. The number of ether oxygens (including phenoxy) is 1. The lowest BCUT2D eigenvalue weighted by Gasteiger charge is -2.32. The lowest BCUT2D eigenvalue weighted by molar-refractivity contribution is -0.146. The average Bonchev–Trinajstić information content (AvgIpc) is 2.69. The minimum Gasteiger partial charge on any atom is -0.464 e. The van der Waals surface area contributed by atoms with Crippen LogP contribution in [0.1, 0.15) is 45.7 Å². The molecule has 1 aromatic carbocycles. The summed E-state index contributed by atoms with van der Waals surface area (Å²) in [7, 11) is 0. The Kier molecular flexibility index (Phi) is 3.67. The molecule has 2 rings (SSSR count). The zero-order chi connectivity index (χ0) is 15.8. The van der Waals surface area contributed by atoms with E-state index in [1.165, 1.54) is 0 Å². The molecule has 0 saturated carbocycles. The third-order valence-electron chi connectivity index (χ3n) is 3.98. The maximum atomic E-state index is 12.7. The van der Waals surface area contributed by atoms with E-state index in [4.69, 9.17) is 4.74 Å². The number of nitrogens with zero attached hydrogens (tertiary/aromatic N) is 1. The molecule has 0 radical (unpaired) electrons. The Hall–Kier alpha value is -2.08. The molecule has 3 heteroatoms. The molecule has 0 aromatic heterocycles. The summed E-state index contributed by atoms with van der Waals surface area (Å²) in [5, 5.41) is 9.93. The molecular weight excluding hydrogens is 262 g/mol. The third-order valence-corrected chi connectivity index (χ3v) is 3.98. The maximum Gasteiger partial charge on any atom is 0.335 e. The molecule has 1 aliphatic rings. The topological polar surface area (TPSA) is 50.1 Å². The van der Waals surface area contributed by atoms with Gasteiger partial charge in [0.05, 0.1) is 12.7 Å². The van der Waals surface area contributed by atoms with Crippen LogP contribution < -0.4 is 0 Å². The van der Waals surface area contributed by atoms with Gasteiger partial charge in [-0.05, 0) is 41.5 Å². The van der Waals surface area contributed by atoms with Gasteiger partial charge in [-0.1, -0.05) is 45.0 Å². The zero-order valence-corrected chi connectivity index (χ0v) is 13.3. The van der Waals surface area contributed by atoms with Crippen molar-refractivity contribution in [1.29, 1.82) is 5.26 Å². The molecule has 1 aliphatic carbocycles. The first kappa shape index (κ1) is 15.3. The average molecular weight is 283 g/mol. The smallest absolute Gasteiger partial charge is 0.335 e. The fourth-order valence-electron chi connectivity index (χ4n) is 3.43. The van der Waals surface area contributed by atoms with Crippen LogP contribution in [-0.4, -0.2) is 12.6 Å². The van der Waals surface area contributed by atoms with Gasteiger partial charge in [0.15, 0.2) is 0 Å². The first-order valence-electron chi connectivity index (χ1n) is 7.20. The van der Waals surface area contributed by atoms with Crippen molar-refractivity contribution in [1.82, 2.24) is 0 Å². The van der Waals surface area contributed by atoms with E-state index in [0.29, 0.717) is 0 Å². The Bertz CT molecular complexity index is 659. The van der Waals surface area contributed by atoms with Crippen molar-refractivity contribution < 1.29 is 9.53 Å². The quantitative estimate of drug-likeness (QED) is 0.775. The number of fused-ring (bicyclic) bond motifs is 1. The number of hydrogen-bond donors (Lipinski definition) is 0. The summed E-state index contributed by atoms with van der Waals surface area (Å²) in [6.07, 6.45) is 0. The van der Waals surface area contributed by atoms with Crippen molar-refractivity contribution in [3.63, 3.8) is 0 Å². The van der Waals surface area contributed by atoms with Gasteiger partial charge in [0, 0.05) is 0 Å². The van der Waals surface area contributed by atoms with Crippen molar-refractivity contribution in [2.75, 3.05) is 6.61 Å². The molecule has 0 saturated heterocycles. The number of carbonyl (C=O) groups excluding carboxylic acids is 1. The molecular formula is C18H21NO2. The zero-order valence-electron chi connectivity index (χ0n) is 13.3. The molecule has 0 aliphatic heterocycles. The number of benzene rings is 1. The lowest BCUT2D eigenvalue weighted by atomic mass is 9.68. The SMILES string of the molecule is CCOC(=O)C1(C#N)C(C(C)(C)C)=C(C)c2ccccc21. The Morgan fingerprint density at radius 3 is 2.48 bits per heavy atom. The predicted octanol–water partition coefficient (Wildman–Crippen LogP) is 3.84. The Balaban J connectivity index is 2.83. The van der Waals surface area contributed by atoms with Crippen LogP contribution in [0.25, 0.3) is 5.57 Å². The highest BCUT2D eigenvalue weighted by molar-refractivity contribution is 6.00. The maximum absolute atomic E-state index is 12.7. The van der Waals surface area contributed by atoms with Gasteiger partial charge in [0.1, 0.15) is 0 Å². The number of nitriles is 1. The van der Waals surface area contributed by atoms with Crippen molar-refractivity contribution >= 4 is 11.5 Å². The van der Waals surface area contributed by atoms with Crippen LogP contribution in [0.15, 0.2) is 29.8 Å². The Morgan fingerprint density at radius 2 is 1.95 bits per heavy atom. The van der Waals surface area contributed by atoms with E-state index >= 15 is 0 Å². The number of carbonyl (C=O) groups is 1. The number of esters is 1. The van der Waals surface area contributed by atoms with Gasteiger partial charge in [-0.3, -0.25) is 0 Å². The van der Waals surface area contributed by atoms with E-state index in [-0.39, 0.29) is 12.0 Å². The van der Waals surface area contributed by atoms with Crippen molar-refractivity contribution in [3.05, 3.63) is 41.0 Å². The summed E-state index contributed by atoms with van der Waals surface area (Å²) in [5.41, 5.74) is 1.94. The largest absolute Gasteiger partial charge is 0.464 e. The number of allylic oxidation sites excluding steroid dienone is 1. The molecule has 21 heavy (non-hydrogen) atoms. The van der Waals surface area contributed by atoms with Crippen LogP contribution >= 0.6 is 0 Å². The van der Waals surface area contributed by atoms with Gasteiger partial charge >= 0.3 is 5.97 Å². The van der Waals surface area contributed by atoms with Crippen LogP contribution in [0.3, 0.4) is 0 Å². The second kappa shape index (κ2) is 5.04. The molecule has 3 nitrogen and oxygen atoms in total. The first-order chi connectivity index (χ1) is 9.80. The summed E-state index contributed by atoms with van der Waals surface area (Å²) in [4.78, 5) is 12.7. The number of hydrogen-bond acceptors (Lipinski definition) is 3. The molecule has 1 atom stereocenters. The highest BCUT2D eigenvalue weighted by Gasteiger charge is 2.55. The monoisotopic (exact) mass is 283 g/mol. The molecule has 110 valence electrons. The van der Waals surface area contributed by atoms with E-state index in [1.54, 1.807) is 6.92 Å². The molecule has 0 amide bonds. The third kappa shape index (κ3) is 2.06. The van der Waals surface area contributed by atoms with Gasteiger partial charge < -0.3 is 4.74 Å². The fourth-order valence-corrected chi connectivity index (χ4v) is 3.43. The predicted molar refractivity (Wildman–Crippen MR) is 82.4 cm³/mol. The van der Waals surface area contributed by atoms with E-state index in [9.17, 15) is 10.1 Å². The normalized spacial score (nSPS) is 21.0. The lowest BCUT2D eigenvalue weighted by Crippen LogP contribution is -2.40. The molecule has 1 aromatic rings. The van der Waals surface area contributed by atoms with Crippen LogP contribution in [0.2, 0.25) is 0 Å². The van der Waals surface area contributed by atoms with Crippen LogP contribution in [0.5, 0.6) is 0 Å². The molecule has 0 heterocycles. The van der Waals surface area contributed by atoms with Gasteiger partial charge in [-0.15, -0.1) is 0 Å². The highest BCUT2D eigenvalue weighted by Crippen LogP contribution is 2.53. The molecule has 0 N–H and O–H groups in total. The van der Waals surface area contributed by atoms with Gasteiger partial charge in [0.2, 0.25) is 5.41 Å². The molecule has 0 fully saturated rings. The van der Waals surface area contributed by atoms with E-state index in [2.05, 4.69) is 6.07 Å². The van der Waals surface area contributed by atoms with E-state index in [1.807, 2.05) is 52.0 Å².